The van der Waals surface area contributed by atoms with Crippen molar-refractivity contribution in [3.05, 3.63) is 69.5 Å². The van der Waals surface area contributed by atoms with Gasteiger partial charge in [0, 0.05) is 34.3 Å². The van der Waals surface area contributed by atoms with E-state index < -0.39 is 30.2 Å². The van der Waals surface area contributed by atoms with Crippen molar-refractivity contribution >= 4 is 23.0 Å². The molecule has 0 unspecified atom stereocenters. The molecule has 0 saturated heterocycles. The first-order valence-electron chi connectivity index (χ1n) is 8.11. The van der Waals surface area contributed by atoms with Crippen molar-refractivity contribution in [3.8, 4) is 0 Å². The molecule has 0 saturated carbocycles. The van der Waals surface area contributed by atoms with Crippen molar-refractivity contribution in [1.29, 1.82) is 0 Å². The number of nitro benzene ring substituents is 1. The molecule has 1 amide bonds. The lowest BCUT2D eigenvalue weighted by atomic mass is 9.99. The molecule has 0 aromatic heterocycles. The summed E-state index contributed by atoms with van der Waals surface area (Å²) in [6.45, 7) is -3.34. The van der Waals surface area contributed by atoms with E-state index in [1.165, 1.54) is 24.3 Å². The lowest BCUT2D eigenvalue weighted by Crippen LogP contribution is -2.27. The predicted molar refractivity (Wildman–Crippen MR) is 83.4 cm³/mol. The summed E-state index contributed by atoms with van der Waals surface area (Å²) in [6, 6.07) is 8.96. The minimum absolute atomic E-state index is 0.00581. The molecule has 0 spiro atoms. The minimum atomic E-state index is -2.82. The fraction of sp³-hybridized carbons (Fsp3) is 0.125. The Balaban J connectivity index is 2.31. The number of anilines is 1. The number of non-ortho nitro benzene ring substituents is 1. The molecule has 0 N–H and O–H groups in total. The van der Waals surface area contributed by atoms with E-state index in [0.29, 0.717) is 4.90 Å². The standard InChI is InChI=1S/C16H12FN3O3/c1-19-14-7-6-10(20(22)23)8-12(14)16(18-9-15(19)21)11-4-2-3-5-13(11)17/h2-8H,9H2,1H3/i1+1D3. The van der Waals surface area contributed by atoms with Gasteiger partial charge in [0.15, 0.2) is 0 Å². The number of carbonyl (C=O) groups excluding carboxylic acids is 1. The van der Waals surface area contributed by atoms with Gasteiger partial charge >= 0.3 is 0 Å². The number of likely N-dealkylation sites (N-methyl/N-ethyl adjacent to an activating group) is 1. The average molecular weight is 317 g/mol. The van der Waals surface area contributed by atoms with Crippen molar-refractivity contribution < 1.29 is 18.2 Å². The van der Waals surface area contributed by atoms with Gasteiger partial charge in [-0.15, -0.1) is 0 Å². The maximum atomic E-state index is 14.3. The molecule has 0 fully saturated rings. The monoisotopic (exact) mass is 317 g/mol. The van der Waals surface area contributed by atoms with E-state index >= 15 is 0 Å². The third-order valence-corrected chi connectivity index (χ3v) is 3.44. The largest absolute Gasteiger partial charge is 0.313 e. The van der Waals surface area contributed by atoms with Crippen LogP contribution in [0.3, 0.4) is 0 Å². The first-order chi connectivity index (χ1) is 12.2. The number of aliphatic imine (C=N–C) groups is 1. The zero-order chi connectivity index (χ0) is 19.1. The van der Waals surface area contributed by atoms with Crippen LogP contribution in [0.2, 0.25) is 0 Å². The highest BCUT2D eigenvalue weighted by molar-refractivity contribution is 6.19. The van der Waals surface area contributed by atoms with Gasteiger partial charge < -0.3 is 4.90 Å². The molecule has 0 radical (unpaired) electrons. The average Bonchev–Trinajstić information content (AvgIpc) is 2.70. The third-order valence-electron chi connectivity index (χ3n) is 3.44. The molecule has 7 heteroatoms. The summed E-state index contributed by atoms with van der Waals surface area (Å²) >= 11 is 0. The number of rotatable bonds is 2. The van der Waals surface area contributed by atoms with E-state index in [1.807, 2.05) is 0 Å². The van der Waals surface area contributed by atoms with Crippen LogP contribution in [0.5, 0.6) is 0 Å². The Morgan fingerprint density at radius 2 is 2.09 bits per heavy atom. The van der Waals surface area contributed by atoms with Crippen LogP contribution in [0.4, 0.5) is 15.8 Å². The number of hydrogen-bond donors (Lipinski definition) is 0. The Hall–Kier alpha value is -3.09. The first-order valence-corrected chi connectivity index (χ1v) is 6.61. The number of fused-ring (bicyclic) bond motifs is 1. The molecule has 0 atom stereocenters. The lowest BCUT2D eigenvalue weighted by Gasteiger charge is -2.17. The molecule has 0 aliphatic carbocycles. The molecule has 116 valence electrons. The molecule has 1 aliphatic rings. The number of hydrogen-bond acceptors (Lipinski definition) is 4. The van der Waals surface area contributed by atoms with Crippen LogP contribution in [0.15, 0.2) is 47.5 Å². The van der Waals surface area contributed by atoms with Crippen molar-refractivity contribution in [3.63, 3.8) is 0 Å². The minimum Gasteiger partial charge on any atom is -0.313 e. The number of nitrogens with zero attached hydrogens (tertiary/aromatic N) is 3. The number of carbonyl (C=O) groups is 1. The van der Waals surface area contributed by atoms with Gasteiger partial charge in [-0.25, -0.2) is 4.39 Å². The predicted octanol–water partition coefficient (Wildman–Crippen LogP) is 2.55. The maximum absolute atomic E-state index is 14.3. The Labute approximate surface area is 135 Å². The fourth-order valence-corrected chi connectivity index (χ4v) is 2.34. The van der Waals surface area contributed by atoms with Gasteiger partial charge in [-0.3, -0.25) is 19.9 Å². The van der Waals surface area contributed by atoms with E-state index in [2.05, 4.69) is 4.99 Å². The summed E-state index contributed by atoms with van der Waals surface area (Å²) in [5.41, 5.74) is -0.393. The highest BCUT2D eigenvalue weighted by Crippen LogP contribution is 2.30. The number of halogens is 1. The van der Waals surface area contributed by atoms with Gasteiger partial charge in [0.1, 0.15) is 12.4 Å². The molecule has 3 rings (SSSR count). The van der Waals surface area contributed by atoms with Crippen molar-refractivity contribution in [2.45, 2.75) is 0 Å². The molecular weight excluding hydrogens is 302 g/mol. The molecular formula is C16H12FN3O3. The number of benzene rings is 2. The van der Waals surface area contributed by atoms with Crippen LogP contribution in [-0.2, 0) is 4.79 Å². The van der Waals surface area contributed by atoms with Crippen molar-refractivity contribution in [2.24, 2.45) is 4.99 Å². The topological polar surface area (TPSA) is 75.8 Å². The second kappa shape index (κ2) is 5.60. The normalized spacial score (nSPS) is 16.6. The van der Waals surface area contributed by atoms with E-state index in [-0.39, 0.29) is 28.2 Å². The summed E-state index contributed by atoms with van der Waals surface area (Å²) in [5.74, 6) is -1.45. The van der Waals surface area contributed by atoms with Gasteiger partial charge in [-0.1, -0.05) is 12.1 Å². The third kappa shape index (κ3) is 2.57. The highest BCUT2D eigenvalue weighted by atomic mass is 19.1. The quantitative estimate of drug-likeness (QED) is 0.485. The van der Waals surface area contributed by atoms with Gasteiger partial charge in [0.25, 0.3) is 5.69 Å². The van der Waals surface area contributed by atoms with Crippen LogP contribution >= 0.6 is 0 Å². The van der Waals surface area contributed by atoms with Gasteiger partial charge in [0.2, 0.25) is 5.91 Å². The number of benzodiazepines with no additional fused rings is 1. The molecule has 1 heterocycles. The van der Waals surface area contributed by atoms with E-state index in [0.717, 1.165) is 12.1 Å². The lowest BCUT2D eigenvalue weighted by molar-refractivity contribution is -0.384. The molecule has 2 aromatic carbocycles. The number of nitro groups is 1. The molecule has 2 aromatic rings. The zero-order valence-corrected chi connectivity index (χ0v) is 11.7. The second-order valence-electron chi connectivity index (χ2n) is 4.83. The Morgan fingerprint density at radius 1 is 1.30 bits per heavy atom. The summed E-state index contributed by atoms with van der Waals surface area (Å²) in [6.07, 6.45) is 0. The van der Waals surface area contributed by atoms with Gasteiger partial charge in [-0.05, 0) is 18.2 Å². The summed E-state index contributed by atoms with van der Waals surface area (Å²) in [7, 11) is 0. The van der Waals surface area contributed by atoms with Crippen LogP contribution in [0, 0.1) is 15.9 Å². The smallest absolute Gasteiger partial charge is 0.270 e. The SMILES string of the molecule is [2H][13C]([2H])([2H])N1C(=O)CN=C(c2ccccc2F)c2cc([N+](=O)[O-])ccc21. The first kappa shape index (κ1) is 11.5. The molecule has 23 heavy (non-hydrogen) atoms. The number of amides is 1. The second-order valence-corrected chi connectivity index (χ2v) is 4.83. The fourth-order valence-electron chi connectivity index (χ4n) is 2.34. The van der Waals surface area contributed by atoms with Crippen LogP contribution in [0.1, 0.15) is 15.2 Å². The molecule has 1 aliphatic heterocycles. The summed E-state index contributed by atoms with van der Waals surface area (Å²) < 4.78 is 37.1. The zero-order valence-electron chi connectivity index (χ0n) is 14.7. The summed E-state index contributed by atoms with van der Waals surface area (Å²) in [4.78, 5) is 27.4. The Kier molecular flexibility index (Phi) is 2.79. The summed E-state index contributed by atoms with van der Waals surface area (Å²) in [5, 5.41) is 11.1. The van der Waals surface area contributed by atoms with E-state index in [1.54, 1.807) is 6.07 Å². The van der Waals surface area contributed by atoms with E-state index in [9.17, 15) is 19.3 Å². The van der Waals surface area contributed by atoms with Crippen LogP contribution < -0.4 is 4.90 Å². The van der Waals surface area contributed by atoms with Crippen molar-refractivity contribution in [1.82, 2.24) is 0 Å². The van der Waals surface area contributed by atoms with Gasteiger partial charge in [0.05, 0.1) is 16.3 Å². The Bertz CT molecular complexity index is 944. The Morgan fingerprint density at radius 3 is 2.78 bits per heavy atom. The molecule has 6 nitrogen and oxygen atoms in total. The van der Waals surface area contributed by atoms with Crippen LogP contribution in [-0.4, -0.2) is 30.1 Å². The molecule has 0 bridgehead atoms. The van der Waals surface area contributed by atoms with Crippen molar-refractivity contribution in [2.75, 3.05) is 18.4 Å². The highest BCUT2D eigenvalue weighted by Gasteiger charge is 2.25. The maximum Gasteiger partial charge on any atom is 0.270 e. The van der Waals surface area contributed by atoms with E-state index in [4.69, 9.17) is 4.11 Å². The van der Waals surface area contributed by atoms with Crippen LogP contribution in [0.25, 0.3) is 0 Å². The van der Waals surface area contributed by atoms with Gasteiger partial charge in [-0.2, -0.15) is 0 Å².